The van der Waals surface area contributed by atoms with E-state index >= 15 is 0 Å². The van der Waals surface area contributed by atoms with Crippen molar-refractivity contribution in [3.63, 3.8) is 0 Å². The van der Waals surface area contributed by atoms with Crippen LogP contribution in [0.15, 0.2) is 41.5 Å². The van der Waals surface area contributed by atoms with E-state index in [-0.39, 0.29) is 17.5 Å². The van der Waals surface area contributed by atoms with Crippen LogP contribution >= 0.6 is 0 Å². The van der Waals surface area contributed by atoms with E-state index in [1.807, 2.05) is 18.2 Å². The number of rotatable bonds is 1. The Labute approximate surface area is 151 Å². The van der Waals surface area contributed by atoms with Crippen LogP contribution in [-0.2, 0) is 10.3 Å². The van der Waals surface area contributed by atoms with Crippen molar-refractivity contribution < 1.29 is 13.9 Å². The van der Waals surface area contributed by atoms with Crippen LogP contribution in [0.4, 0.5) is 4.39 Å². The molecule has 2 aromatic rings. The predicted octanol–water partition coefficient (Wildman–Crippen LogP) is 3.38. The summed E-state index contributed by atoms with van der Waals surface area (Å²) in [5, 5.41) is 0. The van der Waals surface area contributed by atoms with Crippen molar-refractivity contribution in [3.05, 3.63) is 48.0 Å². The summed E-state index contributed by atoms with van der Waals surface area (Å²) >= 11 is 0. The summed E-state index contributed by atoms with van der Waals surface area (Å²) in [4.78, 5) is 8.51. The van der Waals surface area contributed by atoms with Gasteiger partial charge in [0.15, 0.2) is 0 Å². The number of pyridine rings is 1. The molecule has 1 aliphatic carbocycles. The topological polar surface area (TPSA) is 69.7 Å². The summed E-state index contributed by atoms with van der Waals surface area (Å²) in [6.45, 7) is 2.54. The highest BCUT2D eigenvalue weighted by atomic mass is 19.1. The number of fused-ring (bicyclic) bond motifs is 4. The van der Waals surface area contributed by atoms with Crippen molar-refractivity contribution in [1.82, 2.24) is 4.98 Å². The average Bonchev–Trinajstić information content (AvgIpc) is 3.20. The Balaban J connectivity index is 1.72. The van der Waals surface area contributed by atoms with Gasteiger partial charge in [-0.05, 0) is 56.0 Å². The van der Waals surface area contributed by atoms with Gasteiger partial charge in [0.05, 0.1) is 0 Å². The Morgan fingerprint density at radius 2 is 2.19 bits per heavy atom. The first-order valence-electron chi connectivity index (χ1n) is 8.94. The van der Waals surface area contributed by atoms with Crippen LogP contribution in [0, 0.1) is 11.9 Å². The first-order chi connectivity index (χ1) is 12.5. The van der Waals surface area contributed by atoms with Crippen molar-refractivity contribution in [2.45, 2.75) is 37.3 Å². The SMILES string of the molecule is CC12CCCC1C1(COC(N)=N1)c1cc(-c3cccnc3F)ccc1O2. The summed E-state index contributed by atoms with van der Waals surface area (Å²) in [6.07, 6.45) is 4.51. The molecule has 0 saturated heterocycles. The molecular weight excluding hydrogens is 333 g/mol. The number of hydrogen-bond donors (Lipinski definition) is 1. The molecule has 3 atom stereocenters. The molecule has 1 spiro atoms. The van der Waals surface area contributed by atoms with Gasteiger partial charge >= 0.3 is 0 Å². The molecular formula is C20H20FN3O2. The molecule has 26 heavy (non-hydrogen) atoms. The zero-order valence-electron chi connectivity index (χ0n) is 14.5. The Morgan fingerprint density at radius 1 is 1.31 bits per heavy atom. The van der Waals surface area contributed by atoms with Gasteiger partial charge < -0.3 is 15.2 Å². The standard InChI is InChI=1S/C20H20FN3O2/c1-19-8-2-5-16(19)20(11-25-18(22)24-20)14-10-12(6-7-15(14)26-19)13-4-3-9-23-17(13)21/h3-4,6-7,9-10,16H,2,5,8,11H2,1H3,(H2,22,24). The van der Waals surface area contributed by atoms with Crippen molar-refractivity contribution in [1.29, 1.82) is 0 Å². The van der Waals surface area contributed by atoms with E-state index in [4.69, 9.17) is 20.2 Å². The van der Waals surface area contributed by atoms with E-state index in [0.29, 0.717) is 12.2 Å². The van der Waals surface area contributed by atoms with Crippen molar-refractivity contribution in [2.75, 3.05) is 6.61 Å². The van der Waals surface area contributed by atoms with Gasteiger partial charge in [-0.2, -0.15) is 4.39 Å². The third kappa shape index (κ3) is 2.01. The lowest BCUT2D eigenvalue weighted by molar-refractivity contribution is -0.0210. The molecule has 5 rings (SSSR count). The minimum atomic E-state index is -0.572. The number of nitrogens with two attached hydrogens (primary N) is 1. The monoisotopic (exact) mass is 353 g/mol. The lowest BCUT2D eigenvalue weighted by atomic mass is 9.69. The van der Waals surface area contributed by atoms with Gasteiger partial charge in [0.2, 0.25) is 5.95 Å². The van der Waals surface area contributed by atoms with Crippen LogP contribution in [0.25, 0.3) is 11.1 Å². The largest absolute Gasteiger partial charge is 0.487 e. The van der Waals surface area contributed by atoms with Crippen molar-refractivity contribution in [3.8, 4) is 16.9 Å². The Morgan fingerprint density at radius 3 is 2.96 bits per heavy atom. The highest BCUT2D eigenvalue weighted by molar-refractivity contribution is 5.75. The van der Waals surface area contributed by atoms with Gasteiger partial charge in [0, 0.05) is 23.2 Å². The van der Waals surface area contributed by atoms with Crippen molar-refractivity contribution >= 4 is 6.02 Å². The Bertz CT molecular complexity index is 931. The third-order valence-corrected chi connectivity index (χ3v) is 6.09. The second-order valence-electron chi connectivity index (χ2n) is 7.58. The molecule has 1 fully saturated rings. The lowest BCUT2D eigenvalue weighted by Crippen LogP contribution is -2.52. The van der Waals surface area contributed by atoms with Gasteiger partial charge in [-0.3, -0.25) is 0 Å². The first kappa shape index (κ1) is 15.6. The molecule has 3 heterocycles. The summed E-state index contributed by atoms with van der Waals surface area (Å²) in [5.74, 6) is 0.466. The predicted molar refractivity (Wildman–Crippen MR) is 95.3 cm³/mol. The van der Waals surface area contributed by atoms with E-state index in [1.165, 1.54) is 6.20 Å². The molecule has 6 heteroatoms. The highest BCUT2D eigenvalue weighted by Crippen LogP contribution is 2.58. The maximum Gasteiger partial charge on any atom is 0.283 e. The molecule has 1 aromatic carbocycles. The molecule has 0 bridgehead atoms. The minimum absolute atomic E-state index is 0.178. The molecule has 134 valence electrons. The number of benzene rings is 1. The smallest absolute Gasteiger partial charge is 0.283 e. The molecule has 0 radical (unpaired) electrons. The molecule has 0 amide bonds. The summed E-state index contributed by atoms with van der Waals surface area (Å²) in [5.41, 5.74) is 7.18. The second-order valence-corrected chi connectivity index (χ2v) is 7.58. The van der Waals surface area contributed by atoms with E-state index in [9.17, 15) is 4.39 Å². The highest BCUT2D eigenvalue weighted by Gasteiger charge is 2.60. The van der Waals surface area contributed by atoms with Crippen LogP contribution in [0.2, 0.25) is 0 Å². The van der Waals surface area contributed by atoms with Gasteiger partial charge in [0.1, 0.15) is 23.5 Å². The number of aromatic nitrogens is 1. The number of aliphatic imine (C=N–C) groups is 1. The number of hydrogen-bond acceptors (Lipinski definition) is 5. The fourth-order valence-electron chi connectivity index (χ4n) is 4.93. The van der Waals surface area contributed by atoms with Crippen LogP contribution < -0.4 is 10.5 Å². The number of halogens is 1. The van der Waals surface area contributed by atoms with Gasteiger partial charge in [-0.1, -0.05) is 6.07 Å². The zero-order chi connectivity index (χ0) is 17.9. The van der Waals surface area contributed by atoms with Gasteiger partial charge in [-0.25, -0.2) is 9.98 Å². The number of amidine groups is 1. The Hall–Kier alpha value is -2.63. The van der Waals surface area contributed by atoms with E-state index in [0.717, 1.165) is 36.1 Å². The summed E-state index contributed by atoms with van der Waals surface area (Å²) in [6, 6.07) is 9.40. The van der Waals surface area contributed by atoms with Crippen LogP contribution in [0.5, 0.6) is 5.75 Å². The fraction of sp³-hybridized carbons (Fsp3) is 0.400. The lowest BCUT2D eigenvalue weighted by Gasteiger charge is -2.47. The average molecular weight is 353 g/mol. The molecule has 1 aromatic heterocycles. The molecule has 3 unspecified atom stereocenters. The fourth-order valence-corrected chi connectivity index (χ4v) is 4.93. The van der Waals surface area contributed by atoms with E-state index in [2.05, 4.69) is 11.9 Å². The number of nitrogens with zero attached hydrogens (tertiary/aromatic N) is 2. The third-order valence-electron chi connectivity index (χ3n) is 6.09. The van der Waals surface area contributed by atoms with Crippen molar-refractivity contribution in [2.24, 2.45) is 16.6 Å². The van der Waals surface area contributed by atoms with Crippen LogP contribution in [-0.4, -0.2) is 23.2 Å². The Kier molecular flexibility index (Phi) is 3.12. The van der Waals surface area contributed by atoms with E-state index < -0.39 is 11.5 Å². The zero-order valence-corrected chi connectivity index (χ0v) is 14.5. The molecule has 2 N–H and O–H groups in total. The van der Waals surface area contributed by atoms with Crippen LogP contribution in [0.3, 0.4) is 0 Å². The first-order valence-corrected chi connectivity index (χ1v) is 8.94. The molecule has 5 nitrogen and oxygen atoms in total. The molecule has 2 aliphatic heterocycles. The summed E-state index contributed by atoms with van der Waals surface area (Å²) < 4.78 is 26.2. The molecule has 3 aliphatic rings. The van der Waals surface area contributed by atoms with Gasteiger partial charge in [-0.15, -0.1) is 0 Å². The molecule has 1 saturated carbocycles. The minimum Gasteiger partial charge on any atom is -0.487 e. The summed E-state index contributed by atoms with van der Waals surface area (Å²) in [7, 11) is 0. The normalized spacial score (nSPS) is 31.8. The van der Waals surface area contributed by atoms with Gasteiger partial charge in [0.25, 0.3) is 6.02 Å². The maximum atomic E-state index is 14.2. The number of ether oxygens (including phenoxy) is 2. The van der Waals surface area contributed by atoms with E-state index in [1.54, 1.807) is 12.1 Å². The van der Waals surface area contributed by atoms with Crippen LogP contribution in [0.1, 0.15) is 31.7 Å². The quantitative estimate of drug-likeness (QED) is 0.798. The maximum absolute atomic E-state index is 14.2. The second kappa shape index (κ2) is 5.19.